The minimum atomic E-state index is 0.954. The van der Waals surface area contributed by atoms with Crippen molar-refractivity contribution < 1.29 is 0 Å². The zero-order chi connectivity index (χ0) is 14.9. The monoisotopic (exact) mass is 285 g/mol. The average molecular weight is 285 g/mol. The molecule has 0 aliphatic heterocycles. The summed E-state index contributed by atoms with van der Waals surface area (Å²) in [5, 5.41) is 0. The molecule has 0 amide bonds. The number of imidazole rings is 1. The Morgan fingerprint density at radius 1 is 0.864 bits per heavy atom. The van der Waals surface area contributed by atoms with Crippen molar-refractivity contribution in [1.82, 2.24) is 14.4 Å². The molecule has 0 fully saturated rings. The van der Waals surface area contributed by atoms with Crippen LogP contribution in [0.5, 0.6) is 0 Å². The first kappa shape index (κ1) is 12.8. The highest BCUT2D eigenvalue weighted by Crippen LogP contribution is 2.31. The van der Waals surface area contributed by atoms with Crippen molar-refractivity contribution >= 4 is 5.65 Å². The SMILES string of the molecule is Cc1cccc(-c2ccccc2-c2ccc3nccn3c2)n1. The van der Waals surface area contributed by atoms with Gasteiger partial charge in [0.1, 0.15) is 5.65 Å². The van der Waals surface area contributed by atoms with Gasteiger partial charge in [0.05, 0.1) is 5.69 Å². The van der Waals surface area contributed by atoms with Gasteiger partial charge in [-0.3, -0.25) is 4.98 Å². The fraction of sp³-hybridized carbons (Fsp3) is 0.0526. The zero-order valence-corrected chi connectivity index (χ0v) is 12.3. The standard InChI is InChI=1S/C19H15N3/c1-14-5-4-8-18(21-14)17-7-3-2-6-16(17)15-9-10-19-20-11-12-22(19)13-15/h2-13H,1H3. The van der Waals surface area contributed by atoms with Gasteiger partial charge >= 0.3 is 0 Å². The molecule has 0 bridgehead atoms. The third kappa shape index (κ3) is 2.17. The van der Waals surface area contributed by atoms with Crippen molar-refractivity contribution in [1.29, 1.82) is 0 Å². The summed E-state index contributed by atoms with van der Waals surface area (Å²) in [6.07, 6.45) is 5.89. The lowest BCUT2D eigenvalue weighted by atomic mass is 9.98. The fourth-order valence-corrected chi connectivity index (χ4v) is 2.73. The smallest absolute Gasteiger partial charge is 0.136 e. The summed E-state index contributed by atoms with van der Waals surface area (Å²) < 4.78 is 2.04. The zero-order valence-electron chi connectivity index (χ0n) is 12.3. The molecule has 0 saturated heterocycles. The third-order valence-corrected chi connectivity index (χ3v) is 3.79. The molecule has 106 valence electrons. The number of hydrogen-bond acceptors (Lipinski definition) is 2. The first-order chi connectivity index (χ1) is 10.8. The molecule has 0 spiro atoms. The Bertz CT molecular complexity index is 953. The molecule has 0 unspecified atom stereocenters. The van der Waals surface area contributed by atoms with E-state index in [1.165, 1.54) is 5.56 Å². The van der Waals surface area contributed by atoms with E-state index < -0.39 is 0 Å². The van der Waals surface area contributed by atoms with Crippen LogP contribution in [0.4, 0.5) is 0 Å². The predicted molar refractivity (Wildman–Crippen MR) is 88.6 cm³/mol. The number of nitrogens with zero attached hydrogens (tertiary/aromatic N) is 3. The first-order valence-electron chi connectivity index (χ1n) is 7.27. The van der Waals surface area contributed by atoms with E-state index in [0.29, 0.717) is 0 Å². The second-order valence-corrected chi connectivity index (χ2v) is 5.32. The van der Waals surface area contributed by atoms with Crippen LogP contribution in [0.1, 0.15) is 5.69 Å². The summed E-state index contributed by atoms with van der Waals surface area (Å²) in [6.45, 7) is 2.02. The largest absolute Gasteiger partial charge is 0.306 e. The number of aromatic nitrogens is 3. The van der Waals surface area contributed by atoms with Gasteiger partial charge in [-0.05, 0) is 42.3 Å². The lowest BCUT2D eigenvalue weighted by molar-refractivity contribution is 1.18. The number of aryl methyl sites for hydroxylation is 1. The van der Waals surface area contributed by atoms with Crippen molar-refractivity contribution in [3.63, 3.8) is 0 Å². The van der Waals surface area contributed by atoms with Gasteiger partial charge in [-0.1, -0.05) is 30.3 Å². The van der Waals surface area contributed by atoms with Gasteiger partial charge < -0.3 is 4.40 Å². The van der Waals surface area contributed by atoms with E-state index in [1.54, 1.807) is 0 Å². The molecule has 3 heterocycles. The van der Waals surface area contributed by atoms with E-state index >= 15 is 0 Å². The van der Waals surface area contributed by atoms with Gasteiger partial charge in [0.25, 0.3) is 0 Å². The van der Waals surface area contributed by atoms with E-state index in [9.17, 15) is 0 Å². The van der Waals surface area contributed by atoms with Crippen LogP contribution < -0.4 is 0 Å². The maximum atomic E-state index is 4.66. The molecule has 0 N–H and O–H groups in total. The van der Waals surface area contributed by atoms with Crippen LogP contribution in [-0.4, -0.2) is 14.4 Å². The topological polar surface area (TPSA) is 30.2 Å². The van der Waals surface area contributed by atoms with Gasteiger partial charge in [-0.15, -0.1) is 0 Å². The van der Waals surface area contributed by atoms with Crippen LogP contribution in [-0.2, 0) is 0 Å². The Balaban J connectivity index is 1.92. The number of benzene rings is 1. The van der Waals surface area contributed by atoms with Crippen LogP contribution in [0.25, 0.3) is 28.0 Å². The van der Waals surface area contributed by atoms with Gasteiger partial charge in [-0.25, -0.2) is 4.98 Å². The summed E-state index contributed by atoms with van der Waals surface area (Å²) in [5.41, 5.74) is 6.46. The molecule has 3 aromatic heterocycles. The molecule has 0 aliphatic rings. The normalized spacial score (nSPS) is 11.0. The lowest BCUT2D eigenvalue weighted by Crippen LogP contribution is -1.91. The second-order valence-electron chi connectivity index (χ2n) is 5.32. The molecule has 4 aromatic rings. The quantitative estimate of drug-likeness (QED) is 0.547. The number of hydrogen-bond donors (Lipinski definition) is 0. The summed E-state index contributed by atoms with van der Waals surface area (Å²) in [6, 6.07) is 18.6. The van der Waals surface area contributed by atoms with Crippen molar-refractivity contribution in [3.8, 4) is 22.4 Å². The maximum absolute atomic E-state index is 4.66. The first-order valence-corrected chi connectivity index (χ1v) is 7.27. The molecule has 0 aliphatic carbocycles. The van der Waals surface area contributed by atoms with Gasteiger partial charge in [-0.2, -0.15) is 0 Å². The molecule has 3 heteroatoms. The third-order valence-electron chi connectivity index (χ3n) is 3.79. The van der Waals surface area contributed by atoms with Crippen molar-refractivity contribution in [2.45, 2.75) is 6.92 Å². The Labute approximate surface area is 128 Å². The van der Waals surface area contributed by atoms with Crippen molar-refractivity contribution in [2.24, 2.45) is 0 Å². The van der Waals surface area contributed by atoms with Crippen LogP contribution in [0.15, 0.2) is 73.2 Å². The molecule has 0 radical (unpaired) electrons. The van der Waals surface area contributed by atoms with Gasteiger partial charge in [0, 0.05) is 29.8 Å². The number of fused-ring (bicyclic) bond motifs is 1. The Morgan fingerprint density at radius 3 is 2.59 bits per heavy atom. The van der Waals surface area contributed by atoms with Crippen LogP contribution >= 0.6 is 0 Å². The summed E-state index contributed by atoms with van der Waals surface area (Å²) in [7, 11) is 0. The molecule has 4 rings (SSSR count). The van der Waals surface area contributed by atoms with Gasteiger partial charge in [0.15, 0.2) is 0 Å². The van der Waals surface area contributed by atoms with E-state index in [0.717, 1.165) is 28.2 Å². The highest BCUT2D eigenvalue weighted by atomic mass is 15.0. The molecule has 0 saturated carbocycles. The Hall–Kier alpha value is -2.94. The predicted octanol–water partition coefficient (Wildman–Crippen LogP) is 4.37. The molecular weight excluding hydrogens is 270 g/mol. The number of rotatable bonds is 2. The van der Waals surface area contributed by atoms with Crippen molar-refractivity contribution in [2.75, 3.05) is 0 Å². The fourth-order valence-electron chi connectivity index (χ4n) is 2.73. The molecule has 0 atom stereocenters. The molecule has 1 aromatic carbocycles. The minimum absolute atomic E-state index is 0.954. The van der Waals surface area contributed by atoms with Crippen LogP contribution in [0, 0.1) is 6.92 Å². The molecular formula is C19H15N3. The van der Waals surface area contributed by atoms with Crippen LogP contribution in [0.3, 0.4) is 0 Å². The summed E-state index contributed by atoms with van der Waals surface area (Å²) >= 11 is 0. The van der Waals surface area contributed by atoms with E-state index in [1.807, 2.05) is 41.9 Å². The number of pyridine rings is 2. The highest BCUT2D eigenvalue weighted by Gasteiger charge is 2.09. The summed E-state index contributed by atoms with van der Waals surface area (Å²) in [5.74, 6) is 0. The Morgan fingerprint density at radius 2 is 1.73 bits per heavy atom. The van der Waals surface area contributed by atoms with Crippen molar-refractivity contribution in [3.05, 3.63) is 78.9 Å². The molecule has 3 nitrogen and oxygen atoms in total. The summed E-state index contributed by atoms with van der Waals surface area (Å²) in [4.78, 5) is 8.96. The van der Waals surface area contributed by atoms with Crippen LogP contribution in [0.2, 0.25) is 0 Å². The Kier molecular flexibility index (Phi) is 2.97. The molecule has 22 heavy (non-hydrogen) atoms. The highest BCUT2D eigenvalue weighted by molar-refractivity contribution is 5.82. The minimum Gasteiger partial charge on any atom is -0.306 e. The van der Waals surface area contributed by atoms with E-state index in [2.05, 4.69) is 52.6 Å². The maximum Gasteiger partial charge on any atom is 0.136 e. The van der Waals surface area contributed by atoms with E-state index in [4.69, 9.17) is 0 Å². The van der Waals surface area contributed by atoms with E-state index in [-0.39, 0.29) is 0 Å². The lowest BCUT2D eigenvalue weighted by Gasteiger charge is -2.10. The average Bonchev–Trinajstić information content (AvgIpc) is 3.02. The second kappa shape index (κ2) is 5.11. The van der Waals surface area contributed by atoms with Gasteiger partial charge in [0.2, 0.25) is 0 Å².